The molecule has 1 rings (SSSR count). The molecule has 0 saturated heterocycles. The summed E-state index contributed by atoms with van der Waals surface area (Å²) >= 11 is 0. The van der Waals surface area contributed by atoms with Gasteiger partial charge >= 0.3 is 11.9 Å². The van der Waals surface area contributed by atoms with Crippen molar-refractivity contribution in [2.24, 2.45) is 0 Å². The monoisotopic (exact) mass is 292 g/mol. The zero-order chi connectivity index (χ0) is 15.5. The molecule has 1 aromatic rings. The molecular formula is C16H20O5. The average molecular weight is 292 g/mol. The van der Waals surface area contributed by atoms with Gasteiger partial charge in [0.25, 0.3) is 0 Å². The summed E-state index contributed by atoms with van der Waals surface area (Å²) < 4.78 is 10.3. The fourth-order valence-corrected chi connectivity index (χ4v) is 1.74. The standard InChI is InChI=1S/C16H20O5/c1-2-15(17)21-12-8-4-3-7-11-20-14-10-6-5-9-13(14)16(18)19/h2,5-6,9-10H,1,3-4,7-8,11-12H2,(H,18,19). The Balaban J connectivity index is 2.13. The van der Waals surface area contributed by atoms with E-state index in [9.17, 15) is 9.59 Å². The maximum atomic E-state index is 11.0. The SMILES string of the molecule is C=CC(=O)OCCCCCCOc1ccccc1C(=O)O. The van der Waals surface area contributed by atoms with Crippen LogP contribution in [0.5, 0.6) is 5.75 Å². The van der Waals surface area contributed by atoms with E-state index in [0.29, 0.717) is 19.0 Å². The summed E-state index contributed by atoms with van der Waals surface area (Å²) in [6.45, 7) is 4.18. The third-order valence-corrected chi connectivity index (χ3v) is 2.82. The predicted molar refractivity (Wildman–Crippen MR) is 78.5 cm³/mol. The van der Waals surface area contributed by atoms with Gasteiger partial charge in [-0.25, -0.2) is 9.59 Å². The summed E-state index contributed by atoms with van der Waals surface area (Å²) in [5.74, 6) is -0.997. The number of carboxylic acids is 1. The second kappa shape index (κ2) is 9.58. The van der Waals surface area contributed by atoms with Crippen LogP contribution in [-0.4, -0.2) is 30.3 Å². The highest BCUT2D eigenvalue weighted by Crippen LogP contribution is 2.18. The molecule has 0 spiro atoms. The molecular weight excluding hydrogens is 272 g/mol. The van der Waals surface area contributed by atoms with E-state index in [1.165, 1.54) is 6.07 Å². The lowest BCUT2D eigenvalue weighted by molar-refractivity contribution is -0.137. The molecule has 0 bridgehead atoms. The van der Waals surface area contributed by atoms with Crippen molar-refractivity contribution >= 4 is 11.9 Å². The summed E-state index contributed by atoms with van der Waals surface area (Å²) in [6, 6.07) is 6.58. The first kappa shape index (κ1) is 16.8. The summed E-state index contributed by atoms with van der Waals surface area (Å²) in [4.78, 5) is 21.8. The van der Waals surface area contributed by atoms with Crippen LogP contribution in [0, 0.1) is 0 Å². The number of carbonyl (C=O) groups excluding carboxylic acids is 1. The van der Waals surface area contributed by atoms with Crippen molar-refractivity contribution in [3.63, 3.8) is 0 Å². The van der Waals surface area contributed by atoms with E-state index in [0.717, 1.165) is 31.8 Å². The van der Waals surface area contributed by atoms with E-state index in [2.05, 4.69) is 6.58 Å². The molecule has 0 heterocycles. The summed E-state index contributed by atoms with van der Waals surface area (Å²) in [5.41, 5.74) is 0.175. The van der Waals surface area contributed by atoms with Gasteiger partial charge in [0.1, 0.15) is 11.3 Å². The first-order valence-corrected chi connectivity index (χ1v) is 6.89. The van der Waals surface area contributed by atoms with Crippen LogP contribution in [0.25, 0.3) is 0 Å². The van der Waals surface area contributed by atoms with Crippen molar-refractivity contribution in [1.29, 1.82) is 0 Å². The Bertz CT molecular complexity index is 481. The van der Waals surface area contributed by atoms with Crippen molar-refractivity contribution in [1.82, 2.24) is 0 Å². The van der Waals surface area contributed by atoms with Crippen LogP contribution in [0.3, 0.4) is 0 Å². The van der Waals surface area contributed by atoms with Gasteiger partial charge < -0.3 is 14.6 Å². The van der Waals surface area contributed by atoms with E-state index in [1.807, 2.05) is 0 Å². The molecule has 0 amide bonds. The van der Waals surface area contributed by atoms with E-state index >= 15 is 0 Å². The Kier molecular flexibility index (Phi) is 7.64. The van der Waals surface area contributed by atoms with Crippen molar-refractivity contribution in [3.05, 3.63) is 42.5 Å². The second-order valence-corrected chi connectivity index (χ2v) is 4.44. The second-order valence-electron chi connectivity index (χ2n) is 4.44. The Morgan fingerprint density at radius 3 is 2.43 bits per heavy atom. The topological polar surface area (TPSA) is 72.8 Å². The van der Waals surface area contributed by atoms with Crippen LogP contribution in [0.15, 0.2) is 36.9 Å². The largest absolute Gasteiger partial charge is 0.493 e. The van der Waals surface area contributed by atoms with Crippen LogP contribution >= 0.6 is 0 Å². The van der Waals surface area contributed by atoms with Gasteiger partial charge in [0, 0.05) is 6.08 Å². The fourth-order valence-electron chi connectivity index (χ4n) is 1.74. The van der Waals surface area contributed by atoms with Gasteiger partial charge in [0.2, 0.25) is 0 Å². The molecule has 0 aliphatic heterocycles. The number of rotatable bonds is 10. The first-order chi connectivity index (χ1) is 10.1. The van der Waals surface area contributed by atoms with Gasteiger partial charge in [-0.2, -0.15) is 0 Å². The third-order valence-electron chi connectivity index (χ3n) is 2.82. The minimum absolute atomic E-state index is 0.175. The molecule has 0 fully saturated rings. The lowest BCUT2D eigenvalue weighted by atomic mass is 10.2. The zero-order valence-corrected chi connectivity index (χ0v) is 11.9. The molecule has 0 aliphatic rings. The molecule has 0 aromatic heterocycles. The van der Waals surface area contributed by atoms with Gasteiger partial charge in [0.05, 0.1) is 13.2 Å². The number of carbonyl (C=O) groups is 2. The van der Waals surface area contributed by atoms with Crippen molar-refractivity contribution < 1.29 is 24.2 Å². The Hall–Kier alpha value is -2.30. The molecule has 0 atom stereocenters. The van der Waals surface area contributed by atoms with Crippen molar-refractivity contribution in [3.8, 4) is 5.75 Å². The summed E-state index contributed by atoms with van der Waals surface area (Å²) in [6.07, 6.45) is 4.62. The maximum absolute atomic E-state index is 11.0. The number of esters is 1. The molecule has 1 aromatic carbocycles. The predicted octanol–water partition coefficient (Wildman–Crippen LogP) is 3.05. The quantitative estimate of drug-likeness (QED) is 0.407. The Morgan fingerprint density at radius 2 is 1.76 bits per heavy atom. The smallest absolute Gasteiger partial charge is 0.339 e. The number of unbranched alkanes of at least 4 members (excludes halogenated alkanes) is 3. The minimum Gasteiger partial charge on any atom is -0.493 e. The average Bonchev–Trinajstić information content (AvgIpc) is 2.49. The van der Waals surface area contributed by atoms with Gasteiger partial charge in [-0.1, -0.05) is 18.7 Å². The zero-order valence-electron chi connectivity index (χ0n) is 11.9. The molecule has 5 heteroatoms. The van der Waals surface area contributed by atoms with E-state index in [-0.39, 0.29) is 5.56 Å². The molecule has 0 aliphatic carbocycles. The molecule has 114 valence electrons. The van der Waals surface area contributed by atoms with Crippen LogP contribution in [0.1, 0.15) is 36.0 Å². The number of ether oxygens (including phenoxy) is 2. The maximum Gasteiger partial charge on any atom is 0.339 e. The minimum atomic E-state index is -0.991. The van der Waals surface area contributed by atoms with Crippen LogP contribution in [0.2, 0.25) is 0 Å². The lowest BCUT2D eigenvalue weighted by Crippen LogP contribution is -2.04. The van der Waals surface area contributed by atoms with E-state index < -0.39 is 11.9 Å². The Morgan fingerprint density at radius 1 is 1.10 bits per heavy atom. The summed E-state index contributed by atoms with van der Waals surface area (Å²) in [5, 5.41) is 9.00. The molecule has 1 N–H and O–H groups in total. The highest BCUT2D eigenvalue weighted by atomic mass is 16.5. The van der Waals surface area contributed by atoms with Gasteiger partial charge in [0.15, 0.2) is 0 Å². The van der Waals surface area contributed by atoms with E-state index in [1.54, 1.807) is 18.2 Å². The normalized spacial score (nSPS) is 9.90. The number of para-hydroxylation sites is 1. The Labute approximate surface area is 124 Å². The molecule has 21 heavy (non-hydrogen) atoms. The lowest BCUT2D eigenvalue weighted by Gasteiger charge is -2.08. The number of hydrogen-bond donors (Lipinski definition) is 1. The van der Waals surface area contributed by atoms with Crippen molar-refractivity contribution in [2.75, 3.05) is 13.2 Å². The van der Waals surface area contributed by atoms with Crippen LogP contribution in [-0.2, 0) is 9.53 Å². The first-order valence-electron chi connectivity index (χ1n) is 6.89. The van der Waals surface area contributed by atoms with Crippen LogP contribution in [0.4, 0.5) is 0 Å². The fraction of sp³-hybridized carbons (Fsp3) is 0.375. The molecule has 0 radical (unpaired) electrons. The highest BCUT2D eigenvalue weighted by molar-refractivity contribution is 5.90. The van der Waals surface area contributed by atoms with Crippen LogP contribution < -0.4 is 4.74 Å². The number of benzene rings is 1. The van der Waals surface area contributed by atoms with Gasteiger partial charge in [-0.05, 0) is 37.8 Å². The molecule has 0 unspecified atom stereocenters. The van der Waals surface area contributed by atoms with E-state index in [4.69, 9.17) is 14.6 Å². The van der Waals surface area contributed by atoms with Crippen molar-refractivity contribution in [2.45, 2.75) is 25.7 Å². The van der Waals surface area contributed by atoms with Gasteiger partial charge in [-0.3, -0.25) is 0 Å². The van der Waals surface area contributed by atoms with Gasteiger partial charge in [-0.15, -0.1) is 0 Å². The highest BCUT2D eigenvalue weighted by Gasteiger charge is 2.09. The number of hydrogen-bond acceptors (Lipinski definition) is 4. The number of carboxylic acid groups (broad SMARTS) is 1. The summed E-state index contributed by atoms with van der Waals surface area (Å²) in [7, 11) is 0. The molecule has 5 nitrogen and oxygen atoms in total. The third kappa shape index (κ3) is 6.61. The number of aromatic carboxylic acids is 1. The molecule has 0 saturated carbocycles.